The van der Waals surface area contributed by atoms with Gasteiger partial charge in [-0.25, -0.2) is 19.8 Å². The highest BCUT2D eigenvalue weighted by atomic mass is 16.2. The Bertz CT molecular complexity index is 548. The number of nitrogens with zero attached hydrogens (tertiary/aromatic N) is 2. The molecule has 0 saturated carbocycles. The van der Waals surface area contributed by atoms with Gasteiger partial charge in [-0.05, 0) is 5.56 Å². The van der Waals surface area contributed by atoms with Gasteiger partial charge in [0.15, 0.2) is 0 Å². The van der Waals surface area contributed by atoms with Crippen molar-refractivity contribution >= 4 is 6.21 Å². The molecule has 0 atom stereocenters. The monoisotopic (exact) mass is 204 g/mol. The average Bonchev–Trinajstić information content (AvgIpc) is 2.58. The second kappa shape index (κ2) is 3.79. The van der Waals surface area contributed by atoms with Gasteiger partial charge >= 0.3 is 11.4 Å². The number of nitrogens with one attached hydrogen (secondary N) is 2. The number of H-pyrrole nitrogens is 2. The fourth-order valence-electron chi connectivity index (χ4n) is 1.07. The third kappa shape index (κ3) is 1.93. The van der Waals surface area contributed by atoms with Crippen molar-refractivity contribution in [3.63, 3.8) is 0 Å². The summed E-state index contributed by atoms with van der Waals surface area (Å²) >= 11 is 0. The van der Waals surface area contributed by atoms with Crippen LogP contribution < -0.4 is 11.4 Å². The summed E-state index contributed by atoms with van der Waals surface area (Å²) in [6.07, 6.45) is 1.43. The first-order valence-corrected chi connectivity index (χ1v) is 4.26. The molecule has 0 bridgehead atoms. The quantitative estimate of drug-likeness (QED) is 0.661. The predicted molar refractivity (Wildman–Crippen MR) is 55.1 cm³/mol. The van der Waals surface area contributed by atoms with E-state index in [9.17, 15) is 9.59 Å². The summed E-state index contributed by atoms with van der Waals surface area (Å²) in [5.41, 5.74) is -0.371. The van der Waals surface area contributed by atoms with Gasteiger partial charge in [-0.2, -0.15) is 5.10 Å². The van der Waals surface area contributed by atoms with Crippen LogP contribution in [0.15, 0.2) is 45.0 Å². The van der Waals surface area contributed by atoms with Crippen LogP contribution in [0.25, 0.3) is 0 Å². The maximum atomic E-state index is 11.0. The molecule has 0 unspecified atom stereocenters. The van der Waals surface area contributed by atoms with E-state index in [1.807, 2.05) is 30.3 Å². The molecule has 6 nitrogen and oxygen atoms in total. The summed E-state index contributed by atoms with van der Waals surface area (Å²) in [5.74, 6) is 0. The Labute approximate surface area is 83.9 Å². The molecule has 76 valence electrons. The lowest BCUT2D eigenvalue weighted by Gasteiger charge is -1.89. The Hall–Kier alpha value is -2.37. The highest BCUT2D eigenvalue weighted by molar-refractivity contribution is 5.79. The number of benzene rings is 1. The molecule has 0 aliphatic heterocycles. The highest BCUT2D eigenvalue weighted by Crippen LogP contribution is 1.93. The fourth-order valence-corrected chi connectivity index (χ4v) is 1.07. The summed E-state index contributed by atoms with van der Waals surface area (Å²) in [5, 5.41) is 8.00. The van der Waals surface area contributed by atoms with Gasteiger partial charge in [-0.1, -0.05) is 30.3 Å². The fraction of sp³-hybridized carbons (Fsp3) is 0. The SMILES string of the molecule is O=c1[nH][nH]c(=O)n1/N=C/c1ccccc1. The van der Waals surface area contributed by atoms with Crippen LogP contribution in [0.1, 0.15) is 5.56 Å². The van der Waals surface area contributed by atoms with Crippen LogP contribution >= 0.6 is 0 Å². The minimum atomic E-state index is -0.591. The van der Waals surface area contributed by atoms with Crippen molar-refractivity contribution in [2.24, 2.45) is 5.10 Å². The summed E-state index contributed by atoms with van der Waals surface area (Å²) in [6, 6.07) is 9.17. The van der Waals surface area contributed by atoms with Crippen molar-refractivity contribution in [1.82, 2.24) is 14.9 Å². The molecule has 0 radical (unpaired) electrons. The molecule has 1 heterocycles. The summed E-state index contributed by atoms with van der Waals surface area (Å²) in [6.45, 7) is 0. The molecular weight excluding hydrogens is 196 g/mol. The summed E-state index contributed by atoms with van der Waals surface area (Å²) in [4.78, 5) is 22.0. The molecule has 0 fully saturated rings. The van der Waals surface area contributed by atoms with Gasteiger partial charge in [0.1, 0.15) is 0 Å². The number of hydrogen-bond acceptors (Lipinski definition) is 3. The van der Waals surface area contributed by atoms with Crippen LogP contribution in [-0.4, -0.2) is 21.1 Å². The van der Waals surface area contributed by atoms with Gasteiger partial charge in [0.05, 0.1) is 6.21 Å². The zero-order chi connectivity index (χ0) is 10.7. The van der Waals surface area contributed by atoms with Crippen molar-refractivity contribution in [2.45, 2.75) is 0 Å². The maximum Gasteiger partial charge on any atom is 0.365 e. The number of rotatable bonds is 2. The largest absolute Gasteiger partial charge is 0.365 e. The second-order valence-corrected chi connectivity index (χ2v) is 2.83. The number of hydrogen-bond donors (Lipinski definition) is 2. The third-order valence-electron chi connectivity index (χ3n) is 1.78. The maximum absolute atomic E-state index is 11.0. The van der Waals surface area contributed by atoms with Gasteiger partial charge in [-0.15, -0.1) is 4.68 Å². The minimum Gasteiger partial charge on any atom is -0.246 e. The van der Waals surface area contributed by atoms with Crippen molar-refractivity contribution in [3.05, 3.63) is 56.9 Å². The first-order chi connectivity index (χ1) is 7.27. The Morgan fingerprint density at radius 2 is 1.67 bits per heavy atom. The Morgan fingerprint density at radius 3 is 2.27 bits per heavy atom. The molecule has 15 heavy (non-hydrogen) atoms. The molecule has 2 aromatic rings. The molecule has 1 aromatic heterocycles. The lowest BCUT2D eigenvalue weighted by atomic mass is 10.2. The molecule has 2 rings (SSSR count). The van der Waals surface area contributed by atoms with Crippen molar-refractivity contribution in [3.8, 4) is 0 Å². The molecule has 0 aliphatic carbocycles. The normalized spacial score (nSPS) is 10.9. The zero-order valence-corrected chi connectivity index (χ0v) is 7.68. The van der Waals surface area contributed by atoms with Crippen molar-refractivity contribution in [1.29, 1.82) is 0 Å². The zero-order valence-electron chi connectivity index (χ0n) is 7.68. The van der Waals surface area contributed by atoms with Crippen molar-refractivity contribution < 1.29 is 0 Å². The van der Waals surface area contributed by atoms with Gasteiger partial charge in [0.2, 0.25) is 0 Å². The summed E-state index contributed by atoms with van der Waals surface area (Å²) < 4.78 is 0.715. The Kier molecular flexibility index (Phi) is 2.32. The van der Waals surface area contributed by atoms with E-state index < -0.39 is 11.4 Å². The highest BCUT2D eigenvalue weighted by Gasteiger charge is 1.97. The molecule has 0 saturated heterocycles. The van der Waals surface area contributed by atoms with Gasteiger partial charge in [0.25, 0.3) is 0 Å². The smallest absolute Gasteiger partial charge is 0.246 e. The standard InChI is InChI=1S/C9H8N4O2/c14-8-11-12-9(15)13(8)10-6-7-4-2-1-3-5-7/h1-6H,(H,11,14)(H,12,15)/b10-6+. The lowest BCUT2D eigenvalue weighted by molar-refractivity contribution is 0.801. The van der Waals surface area contributed by atoms with E-state index in [-0.39, 0.29) is 0 Å². The van der Waals surface area contributed by atoms with Crippen LogP contribution in [0.2, 0.25) is 0 Å². The van der Waals surface area contributed by atoms with Crippen LogP contribution in [0.5, 0.6) is 0 Å². The van der Waals surface area contributed by atoms with Crippen LogP contribution in [0, 0.1) is 0 Å². The van der Waals surface area contributed by atoms with Gasteiger partial charge in [0, 0.05) is 0 Å². The van der Waals surface area contributed by atoms with E-state index in [0.29, 0.717) is 4.68 Å². The van der Waals surface area contributed by atoms with E-state index in [1.165, 1.54) is 6.21 Å². The van der Waals surface area contributed by atoms with Crippen LogP contribution in [0.4, 0.5) is 0 Å². The topological polar surface area (TPSA) is 83.0 Å². The predicted octanol–water partition coefficient (Wildman–Crippen LogP) is -0.253. The van der Waals surface area contributed by atoms with Crippen LogP contribution in [0.3, 0.4) is 0 Å². The molecule has 6 heteroatoms. The lowest BCUT2D eigenvalue weighted by Crippen LogP contribution is -2.22. The molecule has 0 aliphatic rings. The van der Waals surface area contributed by atoms with E-state index in [4.69, 9.17) is 0 Å². The van der Waals surface area contributed by atoms with Gasteiger partial charge in [-0.3, -0.25) is 0 Å². The third-order valence-corrected chi connectivity index (χ3v) is 1.78. The molecular formula is C9H8N4O2. The minimum absolute atomic E-state index is 0.591. The van der Waals surface area contributed by atoms with Gasteiger partial charge < -0.3 is 0 Å². The van der Waals surface area contributed by atoms with E-state index >= 15 is 0 Å². The molecule has 2 N–H and O–H groups in total. The molecule has 0 amide bonds. The van der Waals surface area contributed by atoms with E-state index in [2.05, 4.69) is 15.3 Å². The van der Waals surface area contributed by atoms with Crippen LogP contribution in [-0.2, 0) is 0 Å². The summed E-state index contributed by atoms with van der Waals surface area (Å²) in [7, 11) is 0. The number of aromatic amines is 2. The molecule has 1 aromatic carbocycles. The first-order valence-electron chi connectivity index (χ1n) is 4.26. The average molecular weight is 204 g/mol. The number of aromatic nitrogens is 3. The molecule has 0 spiro atoms. The Balaban J connectivity index is 2.34. The van der Waals surface area contributed by atoms with E-state index in [1.54, 1.807) is 0 Å². The van der Waals surface area contributed by atoms with Crippen molar-refractivity contribution in [2.75, 3.05) is 0 Å². The Morgan fingerprint density at radius 1 is 1.07 bits per heavy atom. The second-order valence-electron chi connectivity index (χ2n) is 2.83. The first kappa shape index (κ1) is 9.20. The van der Waals surface area contributed by atoms with E-state index in [0.717, 1.165) is 5.56 Å².